The number of fused-ring (bicyclic) bond motifs is 1. The Balaban J connectivity index is 1.14. The molecule has 3 fully saturated rings. The van der Waals surface area contributed by atoms with E-state index in [1.54, 1.807) is 22.7 Å². The predicted octanol–water partition coefficient (Wildman–Crippen LogP) is 5.01. The number of carbonyl (C=O) groups excluding carboxylic acids is 2. The van der Waals surface area contributed by atoms with Gasteiger partial charge in [0.2, 0.25) is 5.91 Å². The van der Waals surface area contributed by atoms with Crippen molar-refractivity contribution in [3.63, 3.8) is 0 Å². The van der Waals surface area contributed by atoms with Crippen LogP contribution in [0.15, 0.2) is 46.8 Å². The van der Waals surface area contributed by atoms with E-state index in [1.165, 1.54) is 20.5 Å². The highest BCUT2D eigenvalue weighted by Gasteiger charge is 2.57. The van der Waals surface area contributed by atoms with Gasteiger partial charge in [-0.2, -0.15) is 0 Å². The van der Waals surface area contributed by atoms with Gasteiger partial charge in [-0.3, -0.25) is 19.5 Å². The molecule has 1 spiro atoms. The molecule has 4 aliphatic rings. The van der Waals surface area contributed by atoms with E-state index in [0.717, 1.165) is 55.9 Å². The fourth-order valence-electron chi connectivity index (χ4n) is 5.22. The van der Waals surface area contributed by atoms with Crippen LogP contribution in [0.3, 0.4) is 0 Å². The van der Waals surface area contributed by atoms with Crippen molar-refractivity contribution in [3.05, 3.63) is 46.7 Å². The third kappa shape index (κ3) is 3.36. The number of carbonyl (C=O) groups is 2. The Kier molecular flexibility index (Phi) is 4.37. The normalized spacial score (nSPS) is 23.7. The van der Waals surface area contributed by atoms with Gasteiger partial charge in [0.1, 0.15) is 11.4 Å². The molecule has 1 atom stereocenters. The molecule has 2 aliphatic carbocycles. The fourth-order valence-corrected chi connectivity index (χ4v) is 6.99. The zero-order valence-corrected chi connectivity index (χ0v) is 20.0. The Morgan fingerprint density at radius 1 is 1.09 bits per heavy atom. The van der Waals surface area contributed by atoms with E-state index < -0.39 is 5.54 Å². The van der Waals surface area contributed by atoms with E-state index >= 15 is 0 Å². The zero-order chi connectivity index (χ0) is 22.2. The Morgan fingerprint density at radius 2 is 1.94 bits per heavy atom. The summed E-state index contributed by atoms with van der Waals surface area (Å²) in [6.07, 6.45) is 4.78. The molecule has 2 aliphatic heterocycles. The molecular weight excluding hydrogens is 450 g/mol. The van der Waals surface area contributed by atoms with Crippen LogP contribution in [0.4, 0.5) is 0 Å². The first-order valence-corrected chi connectivity index (χ1v) is 13.6. The second-order valence-electron chi connectivity index (χ2n) is 9.93. The maximum absolute atomic E-state index is 13.3. The predicted molar refractivity (Wildman–Crippen MR) is 133 cm³/mol. The van der Waals surface area contributed by atoms with Crippen molar-refractivity contribution in [2.75, 3.05) is 19.6 Å². The van der Waals surface area contributed by atoms with Gasteiger partial charge >= 0.3 is 0 Å². The molecular formula is C26H25N3O2S2. The molecule has 5 nitrogen and oxygen atoms in total. The van der Waals surface area contributed by atoms with E-state index in [2.05, 4.69) is 41.8 Å². The summed E-state index contributed by atoms with van der Waals surface area (Å²) in [5, 5.41) is 3.40. The van der Waals surface area contributed by atoms with Gasteiger partial charge < -0.3 is 4.90 Å². The Hall–Kier alpha value is -2.51. The molecule has 1 saturated heterocycles. The van der Waals surface area contributed by atoms with Crippen molar-refractivity contribution >= 4 is 50.4 Å². The van der Waals surface area contributed by atoms with Crippen molar-refractivity contribution < 1.29 is 9.59 Å². The van der Waals surface area contributed by atoms with Crippen molar-refractivity contribution in [3.8, 4) is 10.4 Å². The number of thiophene rings is 2. The van der Waals surface area contributed by atoms with Crippen molar-refractivity contribution in [1.82, 2.24) is 9.80 Å². The number of aliphatic imine (C=N–C) groups is 1. The van der Waals surface area contributed by atoms with E-state index in [4.69, 9.17) is 4.99 Å². The lowest BCUT2D eigenvalue weighted by molar-refractivity contribution is -0.131. The number of amides is 2. The first-order chi connectivity index (χ1) is 16.1. The topological polar surface area (TPSA) is 53.0 Å². The fraction of sp³-hybridized carbons (Fsp3) is 0.423. The van der Waals surface area contributed by atoms with Gasteiger partial charge in [0, 0.05) is 35.1 Å². The molecule has 1 unspecified atom stereocenters. The minimum absolute atomic E-state index is 0.166. The maximum Gasteiger partial charge on any atom is 0.256 e. The van der Waals surface area contributed by atoms with Gasteiger partial charge in [-0.15, -0.1) is 22.7 Å². The maximum atomic E-state index is 13.3. The van der Waals surface area contributed by atoms with Crippen LogP contribution in [-0.2, 0) is 9.59 Å². The van der Waals surface area contributed by atoms with Gasteiger partial charge in [0.05, 0.1) is 4.88 Å². The second kappa shape index (κ2) is 7.24. The summed E-state index contributed by atoms with van der Waals surface area (Å²) in [4.78, 5) is 37.0. The molecule has 168 valence electrons. The Labute approximate surface area is 200 Å². The van der Waals surface area contributed by atoms with Gasteiger partial charge in [-0.25, -0.2) is 0 Å². The number of nitrogens with zero attached hydrogens (tertiary/aromatic N) is 3. The second-order valence-corrected chi connectivity index (χ2v) is 12.0. The van der Waals surface area contributed by atoms with Crippen LogP contribution in [0.25, 0.3) is 20.5 Å². The highest BCUT2D eigenvalue weighted by Crippen LogP contribution is 2.47. The summed E-state index contributed by atoms with van der Waals surface area (Å²) in [6.45, 7) is 2.27. The van der Waals surface area contributed by atoms with Crippen LogP contribution in [0.2, 0.25) is 0 Å². The summed E-state index contributed by atoms with van der Waals surface area (Å²) in [5.74, 6) is 1.93. The number of benzene rings is 1. The van der Waals surface area contributed by atoms with E-state index in [1.807, 2.05) is 9.80 Å². The molecule has 0 N–H and O–H groups in total. The van der Waals surface area contributed by atoms with Crippen LogP contribution >= 0.6 is 22.7 Å². The van der Waals surface area contributed by atoms with Crippen LogP contribution in [-0.4, -0.2) is 52.6 Å². The Morgan fingerprint density at radius 3 is 2.76 bits per heavy atom. The van der Waals surface area contributed by atoms with E-state index in [9.17, 15) is 9.59 Å². The molecule has 7 rings (SSSR count). The minimum atomic E-state index is -0.503. The summed E-state index contributed by atoms with van der Waals surface area (Å²) < 4.78 is 1.30. The third-order valence-corrected chi connectivity index (χ3v) is 9.50. The lowest BCUT2D eigenvalue weighted by atomic mass is 10.1. The monoisotopic (exact) mass is 475 g/mol. The number of hydrogen-bond acceptors (Lipinski definition) is 5. The lowest BCUT2D eigenvalue weighted by Gasteiger charge is -2.23. The largest absolute Gasteiger partial charge is 0.342 e. The number of hydrogen-bond donors (Lipinski definition) is 0. The SMILES string of the molecule is O=C(C1CC1)N1CCC(CN2C(=O)C3(CC3)N=C2c2ccc(-c3ccc4sccc4c3)s2)C1. The highest BCUT2D eigenvalue weighted by molar-refractivity contribution is 7.18. The zero-order valence-electron chi connectivity index (χ0n) is 18.3. The molecule has 2 saturated carbocycles. The average molecular weight is 476 g/mol. The summed E-state index contributed by atoms with van der Waals surface area (Å²) >= 11 is 3.48. The van der Waals surface area contributed by atoms with E-state index in [-0.39, 0.29) is 11.8 Å². The molecule has 33 heavy (non-hydrogen) atoms. The summed E-state index contributed by atoms with van der Waals surface area (Å²) in [5.41, 5.74) is 0.705. The first-order valence-electron chi connectivity index (χ1n) is 11.9. The standard InChI is InChI=1S/C26H25N3O2S2/c30-24(17-1-2-17)28-11-7-16(14-28)15-29-23(27-26(9-10-26)25(29)31)22-6-5-21(33-22)18-3-4-20-19(13-18)8-12-32-20/h3-6,8,12-13,16-17H,1-2,7,9-11,14-15H2. The number of rotatable bonds is 5. The van der Waals surface area contributed by atoms with E-state index in [0.29, 0.717) is 18.4 Å². The molecule has 2 aromatic heterocycles. The van der Waals surface area contributed by atoms with Crippen LogP contribution in [0, 0.1) is 11.8 Å². The number of amidine groups is 1. The quantitative estimate of drug-likeness (QED) is 0.521. The van der Waals surface area contributed by atoms with Crippen molar-refractivity contribution in [2.24, 2.45) is 16.8 Å². The lowest BCUT2D eigenvalue weighted by Crippen LogP contribution is -2.40. The Bertz CT molecular complexity index is 1310. The average Bonchev–Trinajstić information content (AvgIpc) is 3.59. The van der Waals surface area contributed by atoms with Crippen molar-refractivity contribution in [1.29, 1.82) is 0 Å². The molecule has 0 bridgehead atoms. The molecule has 7 heteroatoms. The van der Waals surface area contributed by atoms with Crippen LogP contribution in [0.5, 0.6) is 0 Å². The molecule has 0 radical (unpaired) electrons. The van der Waals surface area contributed by atoms with Crippen LogP contribution in [0.1, 0.15) is 37.0 Å². The summed E-state index contributed by atoms with van der Waals surface area (Å²) in [7, 11) is 0. The van der Waals surface area contributed by atoms with Gasteiger partial charge in [0.15, 0.2) is 0 Å². The third-order valence-electron chi connectivity index (χ3n) is 7.47. The first kappa shape index (κ1) is 19.9. The smallest absolute Gasteiger partial charge is 0.256 e. The molecule has 3 aromatic rings. The van der Waals surface area contributed by atoms with Crippen molar-refractivity contribution in [2.45, 2.75) is 37.6 Å². The number of likely N-dealkylation sites (tertiary alicyclic amines) is 1. The molecule has 2 amide bonds. The highest BCUT2D eigenvalue weighted by atomic mass is 32.1. The minimum Gasteiger partial charge on any atom is -0.342 e. The van der Waals surface area contributed by atoms with Gasteiger partial charge in [-0.1, -0.05) is 6.07 Å². The van der Waals surface area contributed by atoms with Gasteiger partial charge in [0.25, 0.3) is 5.91 Å². The van der Waals surface area contributed by atoms with Crippen LogP contribution < -0.4 is 0 Å². The van der Waals surface area contributed by atoms with Gasteiger partial charge in [-0.05, 0) is 84.7 Å². The molecule has 4 heterocycles. The summed E-state index contributed by atoms with van der Waals surface area (Å²) in [6, 6.07) is 13.0. The molecule has 1 aromatic carbocycles.